The summed E-state index contributed by atoms with van der Waals surface area (Å²) in [6.07, 6.45) is 11.0. The third kappa shape index (κ3) is 3.05. The number of carbonyl (C=O) groups excluding carboxylic acids is 1. The lowest BCUT2D eigenvalue weighted by Crippen LogP contribution is -2.50. The lowest BCUT2D eigenvalue weighted by atomic mass is 9.48. The maximum Gasteiger partial charge on any atom is 0.271 e. The number of fused-ring (bicyclic) bond motifs is 5. The Labute approximate surface area is 163 Å². The van der Waals surface area contributed by atoms with E-state index in [9.17, 15) is 13.2 Å². The topological polar surface area (TPSA) is 60.4 Å². The highest BCUT2D eigenvalue weighted by Crippen LogP contribution is 2.64. The molecule has 4 nitrogen and oxygen atoms in total. The second-order valence-electron chi connectivity index (χ2n) is 9.65. The SMILES string of the molecule is C=CCS(=O)(=O)OC1CCC2(C)C(=CCC3C4CCC(=O)C4(C)CCC32)C1. The summed E-state index contributed by atoms with van der Waals surface area (Å²) >= 11 is 0. The number of hydrogen-bond acceptors (Lipinski definition) is 4. The lowest BCUT2D eigenvalue weighted by molar-refractivity contribution is -0.131. The van der Waals surface area contributed by atoms with Crippen LogP contribution in [0.5, 0.6) is 0 Å². The van der Waals surface area contributed by atoms with E-state index in [-0.39, 0.29) is 22.7 Å². The molecule has 0 radical (unpaired) electrons. The molecule has 0 saturated heterocycles. The van der Waals surface area contributed by atoms with Crippen molar-refractivity contribution in [2.24, 2.45) is 28.6 Å². The highest BCUT2D eigenvalue weighted by molar-refractivity contribution is 7.86. The van der Waals surface area contributed by atoms with Crippen LogP contribution in [0.3, 0.4) is 0 Å². The zero-order valence-electron chi connectivity index (χ0n) is 16.6. The van der Waals surface area contributed by atoms with Gasteiger partial charge in [-0.25, -0.2) is 0 Å². The normalized spacial score (nSPS) is 44.1. The number of carbonyl (C=O) groups is 1. The van der Waals surface area contributed by atoms with Gasteiger partial charge in [0.25, 0.3) is 10.1 Å². The molecule has 0 bridgehead atoms. The van der Waals surface area contributed by atoms with Crippen molar-refractivity contribution < 1.29 is 17.4 Å². The number of allylic oxidation sites excluding steroid dienone is 1. The molecule has 150 valence electrons. The van der Waals surface area contributed by atoms with Crippen LogP contribution in [-0.4, -0.2) is 26.1 Å². The highest BCUT2D eigenvalue weighted by Gasteiger charge is 2.58. The zero-order chi connectivity index (χ0) is 19.4. The summed E-state index contributed by atoms with van der Waals surface area (Å²) in [6.45, 7) is 8.09. The van der Waals surface area contributed by atoms with E-state index in [1.165, 1.54) is 11.6 Å². The molecule has 3 saturated carbocycles. The fraction of sp³-hybridized carbons (Fsp3) is 0.773. The average Bonchev–Trinajstić information content (AvgIpc) is 2.90. The second kappa shape index (κ2) is 6.55. The van der Waals surface area contributed by atoms with Gasteiger partial charge in [-0.1, -0.05) is 31.6 Å². The van der Waals surface area contributed by atoms with E-state index in [4.69, 9.17) is 4.18 Å². The summed E-state index contributed by atoms with van der Waals surface area (Å²) in [7, 11) is -3.52. The number of rotatable bonds is 4. The van der Waals surface area contributed by atoms with Gasteiger partial charge in [0.15, 0.2) is 0 Å². The van der Waals surface area contributed by atoms with Gasteiger partial charge in [-0.2, -0.15) is 8.42 Å². The second-order valence-corrected chi connectivity index (χ2v) is 11.3. The van der Waals surface area contributed by atoms with Gasteiger partial charge >= 0.3 is 0 Å². The van der Waals surface area contributed by atoms with E-state index in [0.29, 0.717) is 23.5 Å². The first-order valence-corrected chi connectivity index (χ1v) is 12.0. The van der Waals surface area contributed by atoms with Crippen LogP contribution in [0.25, 0.3) is 0 Å². The third-order valence-electron chi connectivity index (χ3n) is 8.37. The summed E-state index contributed by atoms with van der Waals surface area (Å²) in [5.41, 5.74) is 1.43. The Bertz CT molecular complexity index is 782. The minimum Gasteiger partial charge on any atom is -0.299 e. The molecule has 0 spiro atoms. The third-order valence-corrected chi connectivity index (χ3v) is 9.58. The van der Waals surface area contributed by atoms with Crippen molar-refractivity contribution >= 4 is 15.9 Å². The Balaban J connectivity index is 1.54. The Hall–Kier alpha value is -0.940. The van der Waals surface area contributed by atoms with Crippen molar-refractivity contribution in [3.8, 4) is 0 Å². The zero-order valence-corrected chi connectivity index (χ0v) is 17.4. The molecule has 5 heteroatoms. The number of ketones is 1. The van der Waals surface area contributed by atoms with Crippen LogP contribution < -0.4 is 0 Å². The summed E-state index contributed by atoms with van der Waals surface area (Å²) < 4.78 is 29.5. The molecule has 0 amide bonds. The van der Waals surface area contributed by atoms with Gasteiger partial charge < -0.3 is 0 Å². The van der Waals surface area contributed by atoms with Crippen LogP contribution in [0.2, 0.25) is 0 Å². The summed E-state index contributed by atoms with van der Waals surface area (Å²) in [5, 5.41) is 0. The van der Waals surface area contributed by atoms with Crippen molar-refractivity contribution in [1.82, 2.24) is 0 Å². The van der Waals surface area contributed by atoms with Crippen molar-refractivity contribution in [1.29, 1.82) is 0 Å². The predicted molar refractivity (Wildman–Crippen MR) is 106 cm³/mol. The van der Waals surface area contributed by atoms with Crippen LogP contribution in [0.15, 0.2) is 24.3 Å². The van der Waals surface area contributed by atoms with Crippen LogP contribution in [0, 0.1) is 28.6 Å². The molecule has 4 aliphatic rings. The largest absolute Gasteiger partial charge is 0.299 e. The first-order chi connectivity index (χ1) is 12.7. The molecule has 27 heavy (non-hydrogen) atoms. The molecule has 6 unspecified atom stereocenters. The number of Topliss-reactive ketones (excluding diaryl/α,β-unsaturated/α-hetero) is 1. The van der Waals surface area contributed by atoms with E-state index in [2.05, 4.69) is 26.5 Å². The van der Waals surface area contributed by atoms with Crippen molar-refractivity contribution in [3.63, 3.8) is 0 Å². The summed E-state index contributed by atoms with van der Waals surface area (Å²) in [5.74, 6) is 2.10. The molecule has 0 heterocycles. The minimum absolute atomic E-state index is 0.0953. The molecular weight excluding hydrogens is 360 g/mol. The van der Waals surface area contributed by atoms with Gasteiger partial charge in [-0.15, -0.1) is 6.58 Å². The summed E-state index contributed by atoms with van der Waals surface area (Å²) in [6, 6.07) is 0. The quantitative estimate of drug-likeness (QED) is 0.525. The molecule has 4 aliphatic carbocycles. The Morgan fingerprint density at radius 1 is 1.19 bits per heavy atom. The molecule has 3 fully saturated rings. The smallest absolute Gasteiger partial charge is 0.271 e. The molecule has 6 atom stereocenters. The maximum absolute atomic E-state index is 12.5. The fourth-order valence-electron chi connectivity index (χ4n) is 6.87. The van der Waals surface area contributed by atoms with Gasteiger partial charge in [-0.3, -0.25) is 8.98 Å². The Morgan fingerprint density at radius 2 is 1.89 bits per heavy atom. The molecular formula is C22H32O4S. The van der Waals surface area contributed by atoms with E-state index in [0.717, 1.165) is 51.4 Å². The highest BCUT2D eigenvalue weighted by atomic mass is 32.2. The van der Waals surface area contributed by atoms with E-state index in [1.54, 1.807) is 0 Å². The van der Waals surface area contributed by atoms with Crippen molar-refractivity contribution in [2.75, 3.05) is 5.75 Å². The Morgan fingerprint density at radius 3 is 2.63 bits per heavy atom. The molecule has 0 aliphatic heterocycles. The van der Waals surface area contributed by atoms with Crippen LogP contribution >= 0.6 is 0 Å². The van der Waals surface area contributed by atoms with Crippen LogP contribution in [0.1, 0.15) is 65.2 Å². The van der Waals surface area contributed by atoms with Gasteiger partial charge in [0.2, 0.25) is 0 Å². The number of hydrogen-bond donors (Lipinski definition) is 0. The van der Waals surface area contributed by atoms with Crippen molar-refractivity contribution in [3.05, 3.63) is 24.3 Å². The van der Waals surface area contributed by atoms with E-state index >= 15 is 0 Å². The molecule has 0 aromatic rings. The molecule has 0 aromatic heterocycles. The monoisotopic (exact) mass is 392 g/mol. The van der Waals surface area contributed by atoms with Crippen molar-refractivity contribution in [2.45, 2.75) is 71.3 Å². The van der Waals surface area contributed by atoms with Gasteiger partial charge in [0.05, 0.1) is 11.9 Å². The average molecular weight is 393 g/mol. The molecule has 0 N–H and O–H groups in total. The van der Waals surface area contributed by atoms with E-state index in [1.807, 2.05) is 0 Å². The summed E-state index contributed by atoms with van der Waals surface area (Å²) in [4.78, 5) is 12.5. The standard InChI is InChI=1S/C22H32O4S/c1-4-13-27(24,25)26-16-9-11-21(2)15(14-16)5-6-17-18-7-8-20(23)22(18,3)12-10-19(17)21/h4-5,16-19H,1,6-14H2,2-3H3. The minimum atomic E-state index is -3.52. The Kier molecular flexibility index (Phi) is 4.70. The van der Waals surface area contributed by atoms with Crippen LogP contribution in [-0.2, 0) is 19.1 Å². The predicted octanol–water partition coefficient (Wildman–Crippen LogP) is 4.42. The van der Waals surface area contributed by atoms with E-state index < -0.39 is 10.1 Å². The maximum atomic E-state index is 12.5. The first-order valence-electron chi connectivity index (χ1n) is 10.4. The van der Waals surface area contributed by atoms with Gasteiger partial charge in [-0.05, 0) is 68.1 Å². The fourth-order valence-corrected chi connectivity index (χ4v) is 7.82. The lowest BCUT2D eigenvalue weighted by Gasteiger charge is -2.56. The molecule has 4 rings (SSSR count). The first kappa shape index (κ1) is 19.4. The van der Waals surface area contributed by atoms with Gasteiger partial charge in [0, 0.05) is 11.8 Å². The van der Waals surface area contributed by atoms with Crippen LogP contribution in [0.4, 0.5) is 0 Å². The van der Waals surface area contributed by atoms with Gasteiger partial charge in [0.1, 0.15) is 5.78 Å². The molecule has 0 aromatic carbocycles.